The minimum absolute atomic E-state index is 0.00479. The van der Waals surface area contributed by atoms with Gasteiger partial charge >= 0.3 is 12.1 Å². The van der Waals surface area contributed by atoms with E-state index in [2.05, 4.69) is 0 Å². The van der Waals surface area contributed by atoms with Crippen LogP contribution >= 0.6 is 0 Å². The van der Waals surface area contributed by atoms with Crippen LogP contribution in [0.15, 0.2) is 23.8 Å². The van der Waals surface area contributed by atoms with Gasteiger partial charge in [-0.25, -0.2) is 18.4 Å². The number of ether oxygens (including phenoxy) is 2. The number of hydrogen-bond acceptors (Lipinski definition) is 6. The van der Waals surface area contributed by atoms with Crippen LogP contribution in [0.3, 0.4) is 0 Å². The highest BCUT2D eigenvalue weighted by atomic mass is 19.1. The molecule has 4 saturated carbocycles. The molecule has 0 amide bonds. The molecule has 210 valence electrons. The predicted molar refractivity (Wildman–Crippen MR) is 133 cm³/mol. The molecular formula is C29H38F2O7. The largest absolute Gasteiger partial charge is 0.509 e. The van der Waals surface area contributed by atoms with E-state index in [1.165, 1.54) is 19.1 Å². The van der Waals surface area contributed by atoms with Crippen LogP contribution in [0.25, 0.3) is 0 Å². The van der Waals surface area contributed by atoms with E-state index >= 15 is 8.78 Å². The maximum atomic E-state index is 17.3. The van der Waals surface area contributed by atoms with Gasteiger partial charge in [-0.2, -0.15) is 0 Å². The van der Waals surface area contributed by atoms with Crippen molar-refractivity contribution in [1.29, 1.82) is 0 Å². The summed E-state index contributed by atoms with van der Waals surface area (Å²) in [5, 5.41) is 22.0. The Labute approximate surface area is 221 Å². The van der Waals surface area contributed by atoms with Crippen LogP contribution in [0.2, 0.25) is 0 Å². The van der Waals surface area contributed by atoms with Gasteiger partial charge in [0.05, 0.1) is 6.10 Å². The highest BCUT2D eigenvalue weighted by molar-refractivity contribution is 6.01. The van der Waals surface area contributed by atoms with Crippen molar-refractivity contribution in [3.05, 3.63) is 23.8 Å². The molecule has 5 rings (SSSR count). The Hall–Kier alpha value is -2.29. The molecular weight excluding hydrogens is 498 g/mol. The van der Waals surface area contributed by atoms with Gasteiger partial charge in [0.2, 0.25) is 5.60 Å². The summed E-state index contributed by atoms with van der Waals surface area (Å²) in [7, 11) is 0. The van der Waals surface area contributed by atoms with E-state index in [0.717, 1.165) is 31.8 Å². The topological polar surface area (TPSA) is 110 Å². The Bertz CT molecular complexity index is 1080. The minimum atomic E-state index is -2.34. The van der Waals surface area contributed by atoms with Gasteiger partial charge in [0.15, 0.2) is 11.5 Å². The molecule has 0 unspecified atom stereocenters. The molecule has 9 heteroatoms. The summed E-state index contributed by atoms with van der Waals surface area (Å²) in [6.07, 6.45) is 3.75. The van der Waals surface area contributed by atoms with Crippen LogP contribution in [0.4, 0.5) is 13.6 Å². The van der Waals surface area contributed by atoms with Gasteiger partial charge in [0.25, 0.3) is 0 Å². The number of fused-ring (bicyclic) bond motifs is 5. The first-order valence-electron chi connectivity index (χ1n) is 13.9. The molecule has 38 heavy (non-hydrogen) atoms. The second-order valence-electron chi connectivity index (χ2n) is 12.6. The molecule has 5 aliphatic carbocycles. The normalized spacial score (nSPS) is 46.7. The number of alkyl halides is 2. The highest BCUT2D eigenvalue weighted by Crippen LogP contribution is 2.71. The molecule has 0 spiro atoms. The maximum absolute atomic E-state index is 17.3. The lowest BCUT2D eigenvalue weighted by Crippen LogP contribution is -2.71. The number of carboxylic acids is 1. The second kappa shape index (κ2) is 9.14. The van der Waals surface area contributed by atoms with Gasteiger partial charge in [-0.05, 0) is 75.5 Å². The summed E-state index contributed by atoms with van der Waals surface area (Å²) in [4.78, 5) is 38.0. The predicted octanol–water partition coefficient (Wildman–Crippen LogP) is 5.25. The number of carboxylic acid groups (broad SMARTS) is 1. The van der Waals surface area contributed by atoms with Crippen LogP contribution in [-0.4, -0.2) is 57.8 Å². The van der Waals surface area contributed by atoms with E-state index in [9.17, 15) is 24.6 Å². The standard InChI is InChI=1S/C29H38F2O7/c1-16-12-19-20-14-22(30)21-13-17(32)10-11-26(21,2)28(20,31)23(33)15-27(19,3)29(16,24(34)35)38-25(36)37-18-8-6-4-5-7-9-18/h10-11,13,16,18-20,22-23,33H,4-9,12,14-15H2,1-3H3,(H,34,35)/t16-,19+,20+,22+,23+,26+,27+,28+,29+/m1/s1. The van der Waals surface area contributed by atoms with Crippen LogP contribution in [0.5, 0.6) is 0 Å². The Morgan fingerprint density at radius 1 is 1.08 bits per heavy atom. The van der Waals surface area contributed by atoms with E-state index in [4.69, 9.17) is 9.47 Å². The lowest BCUT2D eigenvalue weighted by molar-refractivity contribution is -0.232. The Morgan fingerprint density at radius 3 is 2.37 bits per heavy atom. The van der Waals surface area contributed by atoms with Crippen LogP contribution in [0, 0.1) is 28.6 Å². The first-order chi connectivity index (χ1) is 17.8. The number of carbonyl (C=O) groups excluding carboxylic acids is 2. The number of rotatable bonds is 3. The van der Waals surface area contributed by atoms with E-state index < -0.39 is 70.0 Å². The number of halogens is 2. The smallest absolute Gasteiger partial charge is 0.478 e. The fraction of sp³-hybridized carbons (Fsp3) is 0.759. The summed E-state index contributed by atoms with van der Waals surface area (Å²) in [5.41, 5.74) is -7.36. The number of aliphatic hydroxyl groups is 1. The van der Waals surface area contributed by atoms with Crippen LogP contribution in [-0.2, 0) is 19.1 Å². The Balaban J connectivity index is 1.51. The average Bonchev–Trinajstić information content (AvgIpc) is 3.00. The van der Waals surface area contributed by atoms with E-state index in [0.29, 0.717) is 12.8 Å². The summed E-state index contributed by atoms with van der Waals surface area (Å²) in [5.74, 6) is -4.31. The molecule has 4 fully saturated rings. The number of ketones is 1. The van der Waals surface area contributed by atoms with Crippen molar-refractivity contribution >= 4 is 17.9 Å². The molecule has 9 atom stereocenters. The van der Waals surface area contributed by atoms with Crippen LogP contribution < -0.4 is 0 Å². The zero-order valence-electron chi connectivity index (χ0n) is 22.3. The lowest BCUT2D eigenvalue weighted by Gasteiger charge is -2.62. The van der Waals surface area contributed by atoms with Crippen molar-refractivity contribution < 1.29 is 42.9 Å². The van der Waals surface area contributed by atoms with Gasteiger partial charge in [0, 0.05) is 22.7 Å². The maximum Gasteiger partial charge on any atom is 0.509 e. The number of allylic oxidation sites excluding steroid dienone is 4. The Kier molecular flexibility index (Phi) is 6.56. The second-order valence-corrected chi connectivity index (χ2v) is 12.6. The van der Waals surface area contributed by atoms with Gasteiger partial charge in [-0.1, -0.05) is 32.8 Å². The summed E-state index contributed by atoms with van der Waals surface area (Å²) >= 11 is 0. The zero-order chi connectivity index (χ0) is 27.7. The molecule has 0 aromatic heterocycles. The lowest BCUT2D eigenvalue weighted by atomic mass is 9.44. The van der Waals surface area contributed by atoms with Crippen molar-refractivity contribution in [2.24, 2.45) is 28.6 Å². The molecule has 0 radical (unpaired) electrons. The van der Waals surface area contributed by atoms with E-state index in [1.807, 2.05) is 0 Å². The van der Waals surface area contributed by atoms with Gasteiger partial charge in [-0.15, -0.1) is 0 Å². The zero-order valence-corrected chi connectivity index (χ0v) is 22.3. The fourth-order valence-corrected chi connectivity index (χ4v) is 8.89. The molecule has 0 aromatic rings. The van der Waals surface area contributed by atoms with Crippen molar-refractivity contribution in [3.63, 3.8) is 0 Å². The van der Waals surface area contributed by atoms with Gasteiger partial charge < -0.3 is 19.7 Å². The molecule has 0 aromatic carbocycles. The fourth-order valence-electron chi connectivity index (χ4n) is 8.89. The monoisotopic (exact) mass is 536 g/mol. The van der Waals surface area contributed by atoms with Crippen molar-refractivity contribution in [3.8, 4) is 0 Å². The molecule has 7 nitrogen and oxygen atoms in total. The molecule has 0 bridgehead atoms. The third kappa shape index (κ3) is 3.56. The SMILES string of the molecule is C[C@@H]1C[C@H]2[C@@H]3C[C@H](F)C4=CC(=O)C=C[C@]4(C)[C@@]3(F)[C@@H](O)C[C@]2(C)[C@@]1(OC(=O)OC1CCCCCC1)C(=O)O. The summed E-state index contributed by atoms with van der Waals surface area (Å²) in [6.45, 7) is 4.75. The molecule has 0 heterocycles. The van der Waals surface area contributed by atoms with E-state index in [-0.39, 0.29) is 30.9 Å². The third-order valence-electron chi connectivity index (χ3n) is 10.8. The highest BCUT2D eigenvalue weighted by Gasteiger charge is 2.78. The first kappa shape index (κ1) is 27.3. The number of aliphatic hydroxyl groups excluding tert-OH is 1. The van der Waals surface area contributed by atoms with E-state index in [1.54, 1.807) is 13.8 Å². The Morgan fingerprint density at radius 2 is 1.74 bits per heavy atom. The summed E-state index contributed by atoms with van der Waals surface area (Å²) in [6, 6.07) is 0. The molecule has 5 aliphatic rings. The van der Waals surface area contributed by atoms with Crippen LogP contribution in [0.1, 0.15) is 78.6 Å². The summed E-state index contributed by atoms with van der Waals surface area (Å²) < 4.78 is 44.3. The van der Waals surface area contributed by atoms with Crippen molar-refractivity contribution in [1.82, 2.24) is 0 Å². The van der Waals surface area contributed by atoms with Crippen molar-refractivity contribution in [2.75, 3.05) is 0 Å². The quantitative estimate of drug-likeness (QED) is 0.374. The van der Waals surface area contributed by atoms with Crippen molar-refractivity contribution in [2.45, 2.75) is 108 Å². The first-order valence-corrected chi connectivity index (χ1v) is 13.9. The third-order valence-corrected chi connectivity index (χ3v) is 10.8. The number of hydrogen-bond donors (Lipinski definition) is 2. The van der Waals surface area contributed by atoms with Gasteiger partial charge in [-0.3, -0.25) is 4.79 Å². The van der Waals surface area contributed by atoms with Gasteiger partial charge in [0.1, 0.15) is 12.3 Å². The molecule has 0 saturated heterocycles. The molecule has 0 aliphatic heterocycles. The molecule has 2 N–H and O–H groups in total. The average molecular weight is 537 g/mol. The number of carbonyl (C=O) groups is 3. The number of aliphatic carboxylic acids is 1. The minimum Gasteiger partial charge on any atom is -0.478 e.